The summed E-state index contributed by atoms with van der Waals surface area (Å²) in [7, 11) is 1.25. The number of carbonyl (C=O) groups is 1. The van der Waals surface area contributed by atoms with Crippen LogP contribution in [0, 0.1) is 0 Å². The fourth-order valence-electron chi connectivity index (χ4n) is 0.898. The van der Waals surface area contributed by atoms with Gasteiger partial charge in [-0.1, -0.05) is 0 Å². The molecule has 0 fully saturated rings. The van der Waals surface area contributed by atoms with Crippen LogP contribution in [-0.4, -0.2) is 27.7 Å². The Bertz CT molecular complexity index is 458. The SMILES string of the molecule is COc1cn(CC(=O)O)c(=O)[nH]c1=O. The number of nitrogens with zero attached hydrogens (tertiary/aromatic N) is 1. The van der Waals surface area contributed by atoms with Gasteiger partial charge in [0, 0.05) is 0 Å². The van der Waals surface area contributed by atoms with Crippen LogP contribution in [0.4, 0.5) is 0 Å². The molecule has 7 nitrogen and oxygen atoms in total. The van der Waals surface area contributed by atoms with Gasteiger partial charge < -0.3 is 9.84 Å². The summed E-state index contributed by atoms with van der Waals surface area (Å²) in [5.41, 5.74) is -1.46. The molecule has 1 heterocycles. The van der Waals surface area contributed by atoms with Crippen molar-refractivity contribution in [3.05, 3.63) is 27.0 Å². The van der Waals surface area contributed by atoms with E-state index in [1.807, 2.05) is 4.98 Å². The first-order valence-electron chi connectivity index (χ1n) is 3.64. The minimum absolute atomic E-state index is 0.106. The van der Waals surface area contributed by atoms with Gasteiger partial charge in [-0.05, 0) is 0 Å². The van der Waals surface area contributed by atoms with Crippen molar-refractivity contribution >= 4 is 5.97 Å². The molecule has 0 amide bonds. The molecule has 0 unspecified atom stereocenters. The lowest BCUT2D eigenvalue weighted by Gasteiger charge is -2.03. The summed E-state index contributed by atoms with van der Waals surface area (Å²) in [6.45, 7) is -0.522. The molecule has 14 heavy (non-hydrogen) atoms. The molecule has 0 aliphatic carbocycles. The molecule has 0 atom stereocenters. The molecular weight excluding hydrogens is 192 g/mol. The highest BCUT2D eigenvalue weighted by atomic mass is 16.5. The van der Waals surface area contributed by atoms with E-state index >= 15 is 0 Å². The summed E-state index contributed by atoms with van der Waals surface area (Å²) >= 11 is 0. The Morgan fingerprint density at radius 2 is 2.29 bits per heavy atom. The maximum absolute atomic E-state index is 11.0. The third kappa shape index (κ3) is 2.00. The Kier molecular flexibility index (Phi) is 2.70. The number of carboxylic acid groups (broad SMARTS) is 1. The summed E-state index contributed by atoms with van der Waals surface area (Å²) in [5.74, 6) is -1.29. The normalized spacial score (nSPS) is 9.79. The third-order valence-electron chi connectivity index (χ3n) is 1.50. The van der Waals surface area contributed by atoms with Crippen LogP contribution < -0.4 is 16.0 Å². The van der Waals surface area contributed by atoms with Gasteiger partial charge in [0.1, 0.15) is 6.54 Å². The number of hydrogen-bond acceptors (Lipinski definition) is 4. The minimum Gasteiger partial charge on any atom is -0.490 e. The lowest BCUT2D eigenvalue weighted by atomic mass is 10.5. The molecule has 0 saturated carbocycles. The van der Waals surface area contributed by atoms with Crippen molar-refractivity contribution < 1.29 is 14.6 Å². The maximum atomic E-state index is 11.0. The fraction of sp³-hybridized carbons (Fsp3) is 0.286. The molecule has 0 radical (unpaired) electrons. The van der Waals surface area contributed by atoms with Crippen molar-refractivity contribution in [1.82, 2.24) is 9.55 Å². The second-order valence-electron chi connectivity index (χ2n) is 2.48. The number of ether oxygens (including phenoxy) is 1. The standard InChI is InChI=1S/C7H8N2O5/c1-14-4-2-9(3-5(10)11)7(13)8-6(4)12/h2H,3H2,1H3,(H,10,11)(H,8,12,13). The van der Waals surface area contributed by atoms with Crippen molar-refractivity contribution in [2.45, 2.75) is 6.54 Å². The van der Waals surface area contributed by atoms with Crippen LogP contribution >= 0.6 is 0 Å². The van der Waals surface area contributed by atoms with Gasteiger partial charge in [-0.25, -0.2) is 4.79 Å². The number of nitrogens with one attached hydrogen (secondary N) is 1. The van der Waals surface area contributed by atoms with E-state index in [1.165, 1.54) is 7.11 Å². The largest absolute Gasteiger partial charge is 0.490 e. The number of aliphatic carboxylic acids is 1. The Balaban J connectivity index is 3.24. The van der Waals surface area contributed by atoms with Gasteiger partial charge in [0.2, 0.25) is 5.75 Å². The maximum Gasteiger partial charge on any atom is 0.329 e. The van der Waals surface area contributed by atoms with Crippen molar-refractivity contribution in [2.24, 2.45) is 0 Å². The number of methoxy groups -OCH3 is 1. The first-order valence-corrected chi connectivity index (χ1v) is 3.64. The Hall–Kier alpha value is -2.05. The molecule has 1 aromatic heterocycles. The highest BCUT2D eigenvalue weighted by molar-refractivity contribution is 5.66. The zero-order chi connectivity index (χ0) is 10.7. The molecule has 0 aliphatic heterocycles. The highest BCUT2D eigenvalue weighted by Gasteiger charge is 2.06. The van der Waals surface area contributed by atoms with Crippen molar-refractivity contribution in [1.29, 1.82) is 0 Å². The van der Waals surface area contributed by atoms with E-state index in [0.717, 1.165) is 10.8 Å². The number of rotatable bonds is 3. The summed E-state index contributed by atoms with van der Waals surface area (Å²) < 4.78 is 5.46. The van der Waals surface area contributed by atoms with Crippen LogP contribution in [0.3, 0.4) is 0 Å². The molecule has 7 heteroatoms. The number of aromatic amines is 1. The van der Waals surface area contributed by atoms with Gasteiger partial charge >= 0.3 is 11.7 Å². The fourth-order valence-corrected chi connectivity index (χ4v) is 0.898. The van der Waals surface area contributed by atoms with Gasteiger partial charge in [-0.15, -0.1) is 0 Å². The average molecular weight is 200 g/mol. The Labute approximate surface area is 77.6 Å². The minimum atomic E-state index is -1.18. The van der Waals surface area contributed by atoms with Crippen molar-refractivity contribution in [3.63, 3.8) is 0 Å². The molecule has 0 saturated heterocycles. The molecule has 0 bridgehead atoms. The van der Waals surface area contributed by atoms with E-state index in [4.69, 9.17) is 5.11 Å². The second-order valence-corrected chi connectivity index (χ2v) is 2.48. The zero-order valence-corrected chi connectivity index (χ0v) is 7.31. The van der Waals surface area contributed by atoms with Gasteiger partial charge in [-0.3, -0.25) is 19.1 Å². The first kappa shape index (κ1) is 10.0. The van der Waals surface area contributed by atoms with Crippen LogP contribution in [0.5, 0.6) is 5.75 Å². The van der Waals surface area contributed by atoms with Gasteiger partial charge in [-0.2, -0.15) is 0 Å². The monoisotopic (exact) mass is 200 g/mol. The molecule has 76 valence electrons. The van der Waals surface area contributed by atoms with E-state index in [9.17, 15) is 14.4 Å². The lowest BCUT2D eigenvalue weighted by Crippen LogP contribution is -2.31. The van der Waals surface area contributed by atoms with Gasteiger partial charge in [0.15, 0.2) is 0 Å². The number of hydrogen-bond donors (Lipinski definition) is 2. The first-order chi connectivity index (χ1) is 6.54. The molecule has 0 aliphatic rings. The second kappa shape index (κ2) is 3.77. The van der Waals surface area contributed by atoms with E-state index < -0.39 is 23.8 Å². The molecule has 0 spiro atoms. The van der Waals surface area contributed by atoms with Crippen LogP contribution in [0.1, 0.15) is 0 Å². The molecule has 0 aromatic carbocycles. The van der Waals surface area contributed by atoms with Crippen molar-refractivity contribution in [2.75, 3.05) is 7.11 Å². The number of H-pyrrole nitrogens is 1. The molecule has 1 aromatic rings. The van der Waals surface area contributed by atoms with E-state index in [-0.39, 0.29) is 5.75 Å². The highest BCUT2D eigenvalue weighted by Crippen LogP contribution is 1.96. The van der Waals surface area contributed by atoms with E-state index in [2.05, 4.69) is 4.74 Å². The Morgan fingerprint density at radius 1 is 1.64 bits per heavy atom. The average Bonchev–Trinajstić information content (AvgIpc) is 2.09. The summed E-state index contributed by atoms with van der Waals surface area (Å²) in [6.07, 6.45) is 1.05. The van der Waals surface area contributed by atoms with E-state index in [1.54, 1.807) is 0 Å². The summed E-state index contributed by atoms with van der Waals surface area (Å²) in [6, 6.07) is 0. The van der Waals surface area contributed by atoms with Crippen LogP contribution in [-0.2, 0) is 11.3 Å². The summed E-state index contributed by atoms with van der Waals surface area (Å²) in [5, 5.41) is 8.43. The summed E-state index contributed by atoms with van der Waals surface area (Å²) in [4.78, 5) is 34.2. The predicted molar refractivity (Wildman–Crippen MR) is 45.5 cm³/mol. The topological polar surface area (TPSA) is 101 Å². The smallest absolute Gasteiger partial charge is 0.329 e. The Morgan fingerprint density at radius 3 is 2.79 bits per heavy atom. The quantitative estimate of drug-likeness (QED) is 0.626. The van der Waals surface area contributed by atoms with Crippen LogP contribution in [0.2, 0.25) is 0 Å². The van der Waals surface area contributed by atoms with Crippen LogP contribution in [0.25, 0.3) is 0 Å². The number of aromatic nitrogens is 2. The lowest BCUT2D eigenvalue weighted by molar-refractivity contribution is -0.137. The third-order valence-corrected chi connectivity index (χ3v) is 1.50. The van der Waals surface area contributed by atoms with Crippen LogP contribution in [0.15, 0.2) is 15.8 Å². The van der Waals surface area contributed by atoms with Gasteiger partial charge in [0.05, 0.1) is 13.3 Å². The molecule has 1 rings (SSSR count). The molecule has 2 N–H and O–H groups in total. The number of carboxylic acids is 1. The molecular formula is C7H8N2O5. The predicted octanol–water partition coefficient (Wildman–Crippen LogP) is -1.37. The van der Waals surface area contributed by atoms with Gasteiger partial charge in [0.25, 0.3) is 5.56 Å². The van der Waals surface area contributed by atoms with Crippen molar-refractivity contribution in [3.8, 4) is 5.75 Å². The zero-order valence-electron chi connectivity index (χ0n) is 7.31. The van der Waals surface area contributed by atoms with E-state index in [0.29, 0.717) is 0 Å².